The molecule has 2 N–H and O–H groups in total. The molecule has 0 saturated carbocycles. The Morgan fingerprint density at radius 3 is 2.71 bits per heavy atom. The van der Waals surface area contributed by atoms with Crippen molar-refractivity contribution in [3.05, 3.63) is 59.4 Å². The first-order valence-electron chi connectivity index (χ1n) is 9.80. The molecule has 3 aromatic rings. The molecule has 0 unspecified atom stereocenters. The van der Waals surface area contributed by atoms with E-state index < -0.39 is 11.9 Å². The fourth-order valence-corrected chi connectivity index (χ4v) is 4.63. The van der Waals surface area contributed by atoms with E-state index in [2.05, 4.69) is 22.2 Å². The lowest BCUT2D eigenvalue weighted by atomic mass is 10.2. The van der Waals surface area contributed by atoms with Crippen molar-refractivity contribution in [1.29, 1.82) is 0 Å². The van der Waals surface area contributed by atoms with Gasteiger partial charge in [-0.1, -0.05) is 62.0 Å². The number of amides is 3. The smallest absolute Gasteiger partial charge is 0.321 e. The summed E-state index contributed by atoms with van der Waals surface area (Å²) in [7, 11) is 0. The Morgan fingerprint density at radius 1 is 1.29 bits per heavy atom. The number of benzene rings is 1. The number of nitrogens with one attached hydrogen (secondary N) is 2. The quantitative estimate of drug-likeness (QED) is 0.305. The predicted molar refractivity (Wildman–Crippen MR) is 127 cm³/mol. The number of thioether (sulfide) groups is 1. The molecular formula is C22H24N4O3S2. The number of hydrogen-bond donors (Lipinski definition) is 2. The second-order valence-corrected chi connectivity index (χ2v) is 9.23. The van der Waals surface area contributed by atoms with Crippen molar-refractivity contribution in [3.63, 3.8) is 0 Å². The maximum absolute atomic E-state index is 13.1. The van der Waals surface area contributed by atoms with E-state index in [4.69, 9.17) is 0 Å². The molecule has 2 aromatic heterocycles. The summed E-state index contributed by atoms with van der Waals surface area (Å²) in [6.45, 7) is 8.40. The SMILES string of the molecule is C=CCn1c(SCC(=O)NC(=O)NCC(C)C)nc2cc(-c3ccccc3)sc2c1=O. The molecule has 0 fully saturated rings. The van der Waals surface area contributed by atoms with Crippen molar-refractivity contribution in [3.8, 4) is 10.4 Å². The highest BCUT2D eigenvalue weighted by atomic mass is 32.2. The Morgan fingerprint density at radius 2 is 2.03 bits per heavy atom. The van der Waals surface area contributed by atoms with Crippen LogP contribution in [0.25, 0.3) is 20.7 Å². The maximum Gasteiger partial charge on any atom is 0.321 e. The second-order valence-electron chi connectivity index (χ2n) is 7.23. The molecule has 3 rings (SSSR count). The molecule has 0 saturated heterocycles. The van der Waals surface area contributed by atoms with Gasteiger partial charge in [0.25, 0.3) is 5.56 Å². The van der Waals surface area contributed by atoms with E-state index in [1.54, 1.807) is 6.08 Å². The first-order valence-corrected chi connectivity index (χ1v) is 11.6. The fourth-order valence-electron chi connectivity index (χ4n) is 2.77. The van der Waals surface area contributed by atoms with Crippen molar-refractivity contribution in [2.45, 2.75) is 25.5 Å². The zero-order valence-electron chi connectivity index (χ0n) is 17.4. The minimum Gasteiger partial charge on any atom is -0.338 e. The number of fused-ring (bicyclic) bond motifs is 1. The van der Waals surface area contributed by atoms with Gasteiger partial charge in [-0.05, 0) is 17.5 Å². The molecule has 3 amide bonds. The number of carbonyl (C=O) groups excluding carboxylic acids is 2. The first-order chi connectivity index (χ1) is 14.9. The van der Waals surface area contributed by atoms with Crippen LogP contribution < -0.4 is 16.2 Å². The molecule has 0 aliphatic heterocycles. The summed E-state index contributed by atoms with van der Waals surface area (Å²) >= 11 is 2.51. The molecular weight excluding hydrogens is 432 g/mol. The van der Waals surface area contributed by atoms with Crippen LogP contribution >= 0.6 is 23.1 Å². The van der Waals surface area contributed by atoms with Crippen LogP contribution in [0, 0.1) is 5.92 Å². The molecule has 0 aliphatic rings. The third-order valence-electron chi connectivity index (χ3n) is 4.23. The normalized spacial score (nSPS) is 10.9. The summed E-state index contributed by atoms with van der Waals surface area (Å²) in [6, 6.07) is 11.2. The summed E-state index contributed by atoms with van der Waals surface area (Å²) in [5, 5.41) is 5.33. The molecule has 7 nitrogen and oxygen atoms in total. The van der Waals surface area contributed by atoms with Gasteiger partial charge >= 0.3 is 6.03 Å². The second kappa shape index (κ2) is 10.4. The number of allylic oxidation sites excluding steroid dienone is 1. The van der Waals surface area contributed by atoms with Crippen molar-refractivity contribution in [2.75, 3.05) is 12.3 Å². The van der Waals surface area contributed by atoms with Gasteiger partial charge in [0.1, 0.15) is 4.70 Å². The van der Waals surface area contributed by atoms with Gasteiger partial charge in [0.2, 0.25) is 5.91 Å². The molecule has 0 atom stereocenters. The molecule has 0 aliphatic carbocycles. The lowest BCUT2D eigenvalue weighted by Gasteiger charge is -2.10. The number of rotatable bonds is 8. The van der Waals surface area contributed by atoms with Crippen LogP contribution in [-0.4, -0.2) is 33.8 Å². The van der Waals surface area contributed by atoms with Gasteiger partial charge in [-0.2, -0.15) is 0 Å². The molecule has 31 heavy (non-hydrogen) atoms. The van der Waals surface area contributed by atoms with Crippen molar-refractivity contribution < 1.29 is 9.59 Å². The van der Waals surface area contributed by atoms with E-state index in [0.29, 0.717) is 21.9 Å². The van der Waals surface area contributed by atoms with Crippen LogP contribution in [0.3, 0.4) is 0 Å². The van der Waals surface area contributed by atoms with Crippen molar-refractivity contribution in [1.82, 2.24) is 20.2 Å². The van der Waals surface area contributed by atoms with Crippen LogP contribution in [0.4, 0.5) is 4.79 Å². The summed E-state index contributed by atoms with van der Waals surface area (Å²) < 4.78 is 2.06. The predicted octanol–water partition coefficient (Wildman–Crippen LogP) is 3.88. The van der Waals surface area contributed by atoms with E-state index in [9.17, 15) is 14.4 Å². The first kappa shape index (κ1) is 22.8. The van der Waals surface area contributed by atoms with Crippen LogP contribution in [-0.2, 0) is 11.3 Å². The van der Waals surface area contributed by atoms with E-state index in [1.807, 2.05) is 50.2 Å². The average Bonchev–Trinajstić information content (AvgIpc) is 3.18. The van der Waals surface area contributed by atoms with Gasteiger partial charge in [0.05, 0.1) is 11.3 Å². The van der Waals surface area contributed by atoms with Crippen molar-refractivity contribution in [2.24, 2.45) is 5.92 Å². The van der Waals surface area contributed by atoms with Crippen LogP contribution in [0.15, 0.2) is 59.0 Å². The zero-order chi connectivity index (χ0) is 22.4. The van der Waals surface area contributed by atoms with Gasteiger partial charge in [-0.15, -0.1) is 17.9 Å². The average molecular weight is 457 g/mol. The third kappa shape index (κ3) is 5.83. The Hall–Kier alpha value is -2.91. The Bertz CT molecular complexity index is 1150. The summed E-state index contributed by atoms with van der Waals surface area (Å²) in [5.74, 6) is -0.216. The number of carbonyl (C=O) groups is 2. The molecule has 0 radical (unpaired) electrons. The zero-order valence-corrected chi connectivity index (χ0v) is 19.0. The van der Waals surface area contributed by atoms with E-state index in [1.165, 1.54) is 15.9 Å². The van der Waals surface area contributed by atoms with Gasteiger partial charge in [0.15, 0.2) is 5.16 Å². The lowest BCUT2D eigenvalue weighted by Crippen LogP contribution is -2.41. The number of urea groups is 1. The topological polar surface area (TPSA) is 93.1 Å². The Balaban J connectivity index is 1.81. The lowest BCUT2D eigenvalue weighted by molar-refractivity contribution is -0.117. The highest BCUT2D eigenvalue weighted by molar-refractivity contribution is 7.99. The highest BCUT2D eigenvalue weighted by Crippen LogP contribution is 2.31. The molecule has 162 valence electrons. The number of imide groups is 1. The summed E-state index contributed by atoms with van der Waals surface area (Å²) in [6.07, 6.45) is 1.62. The van der Waals surface area contributed by atoms with E-state index in [0.717, 1.165) is 22.2 Å². The highest BCUT2D eigenvalue weighted by Gasteiger charge is 2.16. The van der Waals surface area contributed by atoms with E-state index in [-0.39, 0.29) is 23.8 Å². The number of nitrogens with zero attached hydrogens (tertiary/aromatic N) is 2. The van der Waals surface area contributed by atoms with Crippen LogP contribution in [0.5, 0.6) is 0 Å². The largest absolute Gasteiger partial charge is 0.338 e. The molecule has 0 bridgehead atoms. The minimum absolute atomic E-state index is 0.0418. The minimum atomic E-state index is -0.531. The monoisotopic (exact) mass is 456 g/mol. The van der Waals surface area contributed by atoms with Crippen LogP contribution in [0.1, 0.15) is 13.8 Å². The fraction of sp³-hybridized carbons (Fsp3) is 0.273. The molecule has 0 spiro atoms. The Labute approximate surface area is 188 Å². The van der Waals surface area contributed by atoms with Crippen LogP contribution in [0.2, 0.25) is 0 Å². The number of hydrogen-bond acceptors (Lipinski definition) is 6. The molecule has 2 heterocycles. The van der Waals surface area contributed by atoms with E-state index >= 15 is 0 Å². The third-order valence-corrected chi connectivity index (χ3v) is 6.36. The maximum atomic E-state index is 13.1. The summed E-state index contributed by atoms with van der Waals surface area (Å²) in [5.41, 5.74) is 1.43. The number of thiophene rings is 1. The van der Waals surface area contributed by atoms with Crippen molar-refractivity contribution >= 4 is 45.3 Å². The molecule has 9 heteroatoms. The molecule has 1 aromatic carbocycles. The number of aromatic nitrogens is 2. The standard InChI is InChI=1S/C22H24N4O3S2/c1-4-10-26-20(28)19-16(11-17(31-19)15-8-6-5-7-9-15)24-22(26)30-13-18(27)25-21(29)23-12-14(2)3/h4-9,11,14H,1,10,12-13H2,2-3H3,(H2,23,25,27,29). The Kier molecular flexibility index (Phi) is 7.64. The summed E-state index contributed by atoms with van der Waals surface area (Å²) in [4.78, 5) is 42.6. The van der Waals surface area contributed by atoms with Gasteiger partial charge in [-0.25, -0.2) is 9.78 Å². The van der Waals surface area contributed by atoms with Gasteiger partial charge in [-0.3, -0.25) is 19.5 Å². The van der Waals surface area contributed by atoms with Gasteiger partial charge in [0, 0.05) is 18.0 Å². The van der Waals surface area contributed by atoms with Gasteiger partial charge < -0.3 is 5.32 Å².